The fourth-order valence-corrected chi connectivity index (χ4v) is 1.89. The SMILES string of the molecule is CCC(O)(CC)CNC(=O)c1cc(Cl)cc([N+](=O)[O-])c1. The molecule has 0 saturated carbocycles. The summed E-state index contributed by atoms with van der Waals surface area (Å²) in [6, 6.07) is 3.67. The molecule has 20 heavy (non-hydrogen) atoms. The van der Waals surface area contributed by atoms with Gasteiger partial charge in [0, 0.05) is 29.3 Å². The molecule has 1 aromatic carbocycles. The maximum atomic E-state index is 11.9. The molecule has 1 aromatic rings. The third-order valence-electron chi connectivity index (χ3n) is 3.25. The molecule has 0 unspecified atom stereocenters. The number of aliphatic hydroxyl groups is 1. The van der Waals surface area contributed by atoms with Gasteiger partial charge in [0.15, 0.2) is 0 Å². The van der Waals surface area contributed by atoms with E-state index in [1.165, 1.54) is 12.1 Å². The second kappa shape index (κ2) is 6.67. The normalized spacial score (nSPS) is 11.2. The number of carbonyl (C=O) groups excluding carboxylic acids is 1. The summed E-state index contributed by atoms with van der Waals surface area (Å²) in [5, 5.41) is 23.5. The van der Waals surface area contributed by atoms with Gasteiger partial charge in [0.2, 0.25) is 0 Å². The van der Waals surface area contributed by atoms with Crippen LogP contribution in [0.3, 0.4) is 0 Å². The molecule has 0 bridgehead atoms. The van der Waals surface area contributed by atoms with Crippen molar-refractivity contribution in [3.8, 4) is 0 Å². The smallest absolute Gasteiger partial charge is 0.271 e. The Kier molecular flexibility index (Phi) is 5.47. The van der Waals surface area contributed by atoms with Crippen molar-refractivity contribution in [3.05, 3.63) is 38.9 Å². The van der Waals surface area contributed by atoms with Gasteiger partial charge in [-0.25, -0.2) is 0 Å². The molecule has 110 valence electrons. The Morgan fingerprint density at radius 1 is 1.40 bits per heavy atom. The van der Waals surface area contributed by atoms with E-state index in [-0.39, 0.29) is 22.8 Å². The van der Waals surface area contributed by atoms with E-state index in [9.17, 15) is 20.0 Å². The van der Waals surface area contributed by atoms with Crippen molar-refractivity contribution in [3.63, 3.8) is 0 Å². The highest BCUT2D eigenvalue weighted by Crippen LogP contribution is 2.21. The fraction of sp³-hybridized carbons (Fsp3) is 0.462. The van der Waals surface area contributed by atoms with Crippen molar-refractivity contribution >= 4 is 23.2 Å². The highest BCUT2D eigenvalue weighted by Gasteiger charge is 2.23. The summed E-state index contributed by atoms with van der Waals surface area (Å²) in [5.41, 5.74) is -1.12. The first-order valence-corrected chi connectivity index (χ1v) is 6.64. The molecule has 0 heterocycles. The Labute approximate surface area is 121 Å². The van der Waals surface area contributed by atoms with Crippen LogP contribution < -0.4 is 5.32 Å². The number of non-ortho nitro benzene ring substituents is 1. The molecule has 7 heteroatoms. The van der Waals surface area contributed by atoms with Crippen molar-refractivity contribution in [1.82, 2.24) is 5.32 Å². The number of amides is 1. The predicted molar refractivity (Wildman–Crippen MR) is 76.0 cm³/mol. The Morgan fingerprint density at radius 2 is 2.00 bits per heavy atom. The van der Waals surface area contributed by atoms with E-state index in [4.69, 9.17) is 11.6 Å². The van der Waals surface area contributed by atoms with Crippen LogP contribution in [0, 0.1) is 10.1 Å². The lowest BCUT2D eigenvalue weighted by Crippen LogP contribution is -2.42. The van der Waals surface area contributed by atoms with Crippen LogP contribution >= 0.6 is 11.6 Å². The van der Waals surface area contributed by atoms with Gasteiger partial charge in [-0.3, -0.25) is 14.9 Å². The van der Waals surface area contributed by atoms with Gasteiger partial charge in [-0.1, -0.05) is 25.4 Å². The third-order valence-corrected chi connectivity index (χ3v) is 3.47. The lowest BCUT2D eigenvalue weighted by Gasteiger charge is -2.25. The molecule has 0 atom stereocenters. The van der Waals surface area contributed by atoms with Crippen LogP contribution in [0.1, 0.15) is 37.0 Å². The van der Waals surface area contributed by atoms with Crippen LogP contribution in [0.15, 0.2) is 18.2 Å². The number of carbonyl (C=O) groups is 1. The van der Waals surface area contributed by atoms with Crippen LogP contribution in [-0.2, 0) is 0 Å². The van der Waals surface area contributed by atoms with Gasteiger partial charge in [0.1, 0.15) is 0 Å². The van der Waals surface area contributed by atoms with Gasteiger partial charge in [0.05, 0.1) is 10.5 Å². The van der Waals surface area contributed by atoms with Gasteiger partial charge in [-0.05, 0) is 18.9 Å². The van der Waals surface area contributed by atoms with Crippen molar-refractivity contribution in [2.75, 3.05) is 6.54 Å². The Balaban J connectivity index is 2.85. The van der Waals surface area contributed by atoms with Crippen molar-refractivity contribution < 1.29 is 14.8 Å². The van der Waals surface area contributed by atoms with Gasteiger partial charge in [-0.2, -0.15) is 0 Å². The first-order valence-electron chi connectivity index (χ1n) is 6.27. The summed E-state index contributed by atoms with van der Waals surface area (Å²) in [4.78, 5) is 22.0. The van der Waals surface area contributed by atoms with Crippen LogP contribution in [-0.4, -0.2) is 28.1 Å². The molecular formula is C13H17ClN2O4. The monoisotopic (exact) mass is 300 g/mol. The number of benzene rings is 1. The van der Waals surface area contributed by atoms with E-state index < -0.39 is 16.4 Å². The maximum Gasteiger partial charge on any atom is 0.271 e. The third kappa shape index (κ3) is 4.18. The number of nitro benzene ring substituents is 1. The zero-order valence-corrected chi connectivity index (χ0v) is 12.1. The van der Waals surface area contributed by atoms with E-state index in [0.29, 0.717) is 12.8 Å². The van der Waals surface area contributed by atoms with E-state index >= 15 is 0 Å². The first-order chi connectivity index (χ1) is 9.31. The molecule has 0 aliphatic rings. The lowest BCUT2D eigenvalue weighted by molar-refractivity contribution is -0.384. The topological polar surface area (TPSA) is 92.5 Å². The number of nitrogens with one attached hydrogen (secondary N) is 1. The number of nitrogens with zero attached hydrogens (tertiary/aromatic N) is 1. The zero-order valence-electron chi connectivity index (χ0n) is 11.4. The van der Waals surface area contributed by atoms with Crippen molar-refractivity contribution in [2.45, 2.75) is 32.3 Å². The summed E-state index contributed by atoms with van der Waals surface area (Å²) in [5.74, 6) is -0.504. The molecule has 0 radical (unpaired) electrons. The number of hydrogen-bond donors (Lipinski definition) is 2. The van der Waals surface area contributed by atoms with Gasteiger partial charge in [0.25, 0.3) is 11.6 Å². The minimum Gasteiger partial charge on any atom is -0.388 e. The van der Waals surface area contributed by atoms with E-state index in [2.05, 4.69) is 5.32 Å². The van der Waals surface area contributed by atoms with Gasteiger partial charge >= 0.3 is 0 Å². The predicted octanol–water partition coefficient (Wildman–Crippen LogP) is 2.53. The molecule has 0 spiro atoms. The second-order valence-corrected chi connectivity index (χ2v) is 5.01. The van der Waals surface area contributed by atoms with E-state index in [1.807, 2.05) is 13.8 Å². The Morgan fingerprint density at radius 3 is 2.50 bits per heavy atom. The lowest BCUT2D eigenvalue weighted by atomic mass is 9.97. The van der Waals surface area contributed by atoms with Crippen LogP contribution in [0.25, 0.3) is 0 Å². The molecule has 6 nitrogen and oxygen atoms in total. The summed E-state index contributed by atoms with van der Waals surface area (Å²) < 4.78 is 0. The largest absolute Gasteiger partial charge is 0.388 e. The number of halogens is 1. The number of hydrogen-bond acceptors (Lipinski definition) is 4. The average Bonchev–Trinajstić information content (AvgIpc) is 2.43. The average molecular weight is 301 g/mol. The number of rotatable bonds is 6. The zero-order chi connectivity index (χ0) is 15.3. The van der Waals surface area contributed by atoms with Gasteiger partial charge in [-0.15, -0.1) is 0 Å². The van der Waals surface area contributed by atoms with Crippen LogP contribution in [0.2, 0.25) is 5.02 Å². The highest BCUT2D eigenvalue weighted by atomic mass is 35.5. The highest BCUT2D eigenvalue weighted by molar-refractivity contribution is 6.31. The molecule has 1 amide bonds. The summed E-state index contributed by atoms with van der Waals surface area (Å²) in [6.07, 6.45) is 0.999. The molecule has 0 aliphatic heterocycles. The standard InChI is InChI=1S/C13H17ClN2O4/c1-3-13(18,4-2)8-15-12(17)9-5-10(14)7-11(6-9)16(19)20/h5-7,18H,3-4,8H2,1-2H3,(H,15,17). The van der Waals surface area contributed by atoms with E-state index in [0.717, 1.165) is 6.07 Å². The molecule has 0 fully saturated rings. The second-order valence-electron chi connectivity index (χ2n) is 4.57. The molecule has 0 aromatic heterocycles. The fourth-order valence-electron chi connectivity index (χ4n) is 1.66. The van der Waals surface area contributed by atoms with Crippen LogP contribution in [0.5, 0.6) is 0 Å². The first kappa shape index (κ1) is 16.4. The summed E-state index contributed by atoms with van der Waals surface area (Å²) >= 11 is 5.75. The Hall–Kier alpha value is -1.66. The number of nitro groups is 1. The minimum atomic E-state index is -0.972. The molecule has 0 aliphatic carbocycles. The maximum absolute atomic E-state index is 11.9. The molecule has 1 rings (SSSR count). The van der Waals surface area contributed by atoms with Crippen molar-refractivity contribution in [1.29, 1.82) is 0 Å². The molecule has 2 N–H and O–H groups in total. The Bertz CT molecular complexity index is 515. The molecular weight excluding hydrogens is 284 g/mol. The summed E-state index contributed by atoms with van der Waals surface area (Å²) in [7, 11) is 0. The summed E-state index contributed by atoms with van der Waals surface area (Å²) in [6.45, 7) is 3.72. The van der Waals surface area contributed by atoms with Crippen molar-refractivity contribution in [2.24, 2.45) is 0 Å². The van der Waals surface area contributed by atoms with Crippen LogP contribution in [0.4, 0.5) is 5.69 Å². The minimum absolute atomic E-state index is 0.0825. The van der Waals surface area contributed by atoms with E-state index in [1.54, 1.807) is 0 Å². The molecule has 0 saturated heterocycles. The quantitative estimate of drug-likeness (QED) is 0.623. The van der Waals surface area contributed by atoms with Gasteiger partial charge < -0.3 is 10.4 Å².